The molecule has 0 saturated carbocycles. The Hall–Kier alpha value is -0.950. The van der Waals surface area contributed by atoms with E-state index in [1.165, 1.54) is 0 Å². The molecule has 20 heavy (non-hydrogen) atoms. The maximum atomic E-state index is 12.0. The Kier molecular flexibility index (Phi) is 4.80. The molecule has 2 atom stereocenters. The molecule has 1 aromatic rings. The van der Waals surface area contributed by atoms with E-state index in [1.807, 2.05) is 13.0 Å². The predicted molar refractivity (Wildman–Crippen MR) is 74.2 cm³/mol. The lowest BCUT2D eigenvalue weighted by atomic mass is 9.90. The van der Waals surface area contributed by atoms with Crippen molar-refractivity contribution in [1.82, 2.24) is 0 Å². The molecule has 1 aromatic carbocycles. The van der Waals surface area contributed by atoms with Gasteiger partial charge in [0.25, 0.3) is 10.1 Å². The van der Waals surface area contributed by atoms with E-state index in [9.17, 15) is 8.42 Å². The number of rotatable bonds is 4. The average molecular weight is 300 g/mol. The Morgan fingerprint density at radius 2 is 2.15 bits per heavy atom. The van der Waals surface area contributed by atoms with Crippen molar-refractivity contribution in [3.05, 3.63) is 29.3 Å². The zero-order valence-electron chi connectivity index (χ0n) is 11.7. The van der Waals surface area contributed by atoms with Crippen LogP contribution in [-0.4, -0.2) is 40.0 Å². The number of benzene rings is 1. The lowest BCUT2D eigenvalue weighted by Gasteiger charge is -2.29. The lowest BCUT2D eigenvalue weighted by Crippen LogP contribution is -2.28. The lowest BCUT2D eigenvalue weighted by molar-refractivity contribution is -0.0273. The molecule has 0 bridgehead atoms. The van der Waals surface area contributed by atoms with Crippen LogP contribution in [0.1, 0.15) is 29.9 Å². The molecule has 0 aliphatic carbocycles. The summed E-state index contributed by atoms with van der Waals surface area (Å²) < 4.78 is 34.2. The second kappa shape index (κ2) is 6.22. The van der Waals surface area contributed by atoms with Gasteiger partial charge in [0, 0.05) is 5.92 Å². The number of aliphatic hydroxyl groups is 1. The van der Waals surface area contributed by atoms with Gasteiger partial charge in [0.15, 0.2) is 0 Å². The minimum absolute atomic E-state index is 0.00373. The molecule has 1 aliphatic heterocycles. The Bertz CT molecular complexity index is 559. The van der Waals surface area contributed by atoms with Crippen LogP contribution in [0, 0.1) is 6.92 Å². The minimum Gasteiger partial charge on any atom is -0.394 e. The smallest absolute Gasteiger partial charge is 0.296 e. The highest BCUT2D eigenvalue weighted by molar-refractivity contribution is 7.86. The number of hydrogen-bond acceptors (Lipinski definition) is 5. The molecular formula is C14H20O5S. The molecule has 1 fully saturated rings. The summed E-state index contributed by atoms with van der Waals surface area (Å²) in [6.45, 7) is 2.34. The molecule has 1 heterocycles. The maximum Gasteiger partial charge on any atom is 0.296 e. The van der Waals surface area contributed by atoms with Crippen LogP contribution in [0.4, 0.5) is 0 Å². The fraction of sp³-hybridized carbons (Fsp3) is 0.571. The van der Waals surface area contributed by atoms with E-state index in [2.05, 4.69) is 4.18 Å². The first-order valence-electron chi connectivity index (χ1n) is 6.61. The van der Waals surface area contributed by atoms with Crippen LogP contribution in [0.2, 0.25) is 0 Å². The van der Waals surface area contributed by atoms with Crippen molar-refractivity contribution in [3.8, 4) is 0 Å². The van der Waals surface area contributed by atoms with Crippen LogP contribution >= 0.6 is 0 Å². The third-order valence-electron chi connectivity index (χ3n) is 3.67. The summed E-state index contributed by atoms with van der Waals surface area (Å²) in [4.78, 5) is 0.210. The molecule has 2 rings (SSSR count). The predicted octanol–water partition coefficient (Wildman–Crippen LogP) is 1.59. The fourth-order valence-electron chi connectivity index (χ4n) is 2.50. The standard InChI is InChI=1S/C14H20O5S/c1-10-3-6-14(20(16,17)18-2)13(7-10)11-4-5-12(8-15)19-9-11/h3,6-7,11-12,15H,4-5,8-9H2,1-2H3/t11-,12?/m1/s1. The van der Waals surface area contributed by atoms with E-state index in [4.69, 9.17) is 9.84 Å². The molecule has 5 nitrogen and oxygen atoms in total. The van der Waals surface area contributed by atoms with Crippen LogP contribution in [0.15, 0.2) is 23.1 Å². The fourth-order valence-corrected chi connectivity index (χ4v) is 3.43. The molecule has 112 valence electrons. The summed E-state index contributed by atoms with van der Waals surface area (Å²) in [5.41, 5.74) is 1.74. The first-order valence-corrected chi connectivity index (χ1v) is 8.02. The molecular weight excluding hydrogens is 280 g/mol. The van der Waals surface area contributed by atoms with Crippen molar-refractivity contribution < 1.29 is 22.4 Å². The molecule has 0 aromatic heterocycles. The van der Waals surface area contributed by atoms with Gasteiger partial charge in [-0.05, 0) is 31.4 Å². The topological polar surface area (TPSA) is 72.8 Å². The van der Waals surface area contributed by atoms with Gasteiger partial charge >= 0.3 is 0 Å². The van der Waals surface area contributed by atoms with Gasteiger partial charge in [-0.1, -0.05) is 17.7 Å². The molecule has 6 heteroatoms. The highest BCUT2D eigenvalue weighted by Gasteiger charge is 2.28. The van der Waals surface area contributed by atoms with Gasteiger partial charge in [-0.15, -0.1) is 0 Å². The Morgan fingerprint density at radius 3 is 2.70 bits per heavy atom. The summed E-state index contributed by atoms with van der Waals surface area (Å²) in [7, 11) is -2.55. The average Bonchev–Trinajstić information content (AvgIpc) is 2.47. The molecule has 1 aliphatic rings. The summed E-state index contributed by atoms with van der Waals surface area (Å²) in [5.74, 6) is 0.0117. The van der Waals surface area contributed by atoms with Gasteiger partial charge < -0.3 is 9.84 Å². The normalized spacial score (nSPS) is 23.8. The van der Waals surface area contributed by atoms with Crippen LogP contribution in [-0.2, 0) is 19.0 Å². The first kappa shape index (κ1) is 15.4. The SMILES string of the molecule is COS(=O)(=O)c1ccc(C)cc1[C@@H]1CCC(CO)OC1. The Labute approximate surface area is 119 Å². The summed E-state index contributed by atoms with van der Waals surface area (Å²) in [6.07, 6.45) is 1.38. The third kappa shape index (κ3) is 3.20. The monoisotopic (exact) mass is 300 g/mol. The molecule has 1 N–H and O–H groups in total. The Balaban J connectivity index is 2.34. The first-order chi connectivity index (χ1) is 9.47. The quantitative estimate of drug-likeness (QED) is 0.855. The minimum atomic E-state index is -3.72. The largest absolute Gasteiger partial charge is 0.394 e. The van der Waals surface area contributed by atoms with Gasteiger partial charge in [0.05, 0.1) is 31.3 Å². The van der Waals surface area contributed by atoms with E-state index in [-0.39, 0.29) is 23.5 Å². The second-order valence-electron chi connectivity index (χ2n) is 5.07. The van der Waals surface area contributed by atoms with Gasteiger partial charge in [-0.2, -0.15) is 8.42 Å². The van der Waals surface area contributed by atoms with Gasteiger partial charge in [0.2, 0.25) is 0 Å². The summed E-state index contributed by atoms with van der Waals surface area (Å²) >= 11 is 0. The van der Waals surface area contributed by atoms with Crippen LogP contribution in [0.5, 0.6) is 0 Å². The molecule has 0 spiro atoms. The van der Waals surface area contributed by atoms with E-state index in [0.717, 1.165) is 31.1 Å². The van der Waals surface area contributed by atoms with Gasteiger partial charge in [0.1, 0.15) is 0 Å². The number of aryl methyl sites for hydroxylation is 1. The highest BCUT2D eigenvalue weighted by atomic mass is 32.2. The number of aliphatic hydroxyl groups excluding tert-OH is 1. The van der Waals surface area contributed by atoms with E-state index >= 15 is 0 Å². The van der Waals surface area contributed by atoms with Crippen molar-refractivity contribution in [2.24, 2.45) is 0 Å². The zero-order chi connectivity index (χ0) is 14.8. The van der Waals surface area contributed by atoms with E-state index in [0.29, 0.717) is 6.61 Å². The Morgan fingerprint density at radius 1 is 1.40 bits per heavy atom. The van der Waals surface area contributed by atoms with Crippen LogP contribution < -0.4 is 0 Å². The van der Waals surface area contributed by atoms with E-state index < -0.39 is 10.1 Å². The second-order valence-corrected chi connectivity index (χ2v) is 6.76. The highest BCUT2D eigenvalue weighted by Crippen LogP contribution is 2.33. The molecule has 1 unspecified atom stereocenters. The summed E-state index contributed by atoms with van der Waals surface area (Å²) in [5, 5.41) is 9.07. The van der Waals surface area contributed by atoms with E-state index in [1.54, 1.807) is 12.1 Å². The third-order valence-corrected chi connectivity index (χ3v) is 5.02. The van der Waals surface area contributed by atoms with Gasteiger partial charge in [-0.3, -0.25) is 4.18 Å². The van der Waals surface area contributed by atoms with Crippen molar-refractivity contribution in [1.29, 1.82) is 0 Å². The number of hydrogen-bond donors (Lipinski definition) is 1. The van der Waals surface area contributed by atoms with Crippen molar-refractivity contribution in [2.45, 2.75) is 36.7 Å². The van der Waals surface area contributed by atoms with Gasteiger partial charge in [-0.25, -0.2) is 0 Å². The van der Waals surface area contributed by atoms with Crippen LogP contribution in [0.25, 0.3) is 0 Å². The van der Waals surface area contributed by atoms with Crippen molar-refractivity contribution in [3.63, 3.8) is 0 Å². The molecule has 1 saturated heterocycles. The zero-order valence-corrected chi connectivity index (χ0v) is 12.5. The molecule has 0 radical (unpaired) electrons. The van der Waals surface area contributed by atoms with Crippen LogP contribution in [0.3, 0.4) is 0 Å². The maximum absolute atomic E-state index is 12.0. The molecule has 0 amide bonds. The van der Waals surface area contributed by atoms with Crippen molar-refractivity contribution in [2.75, 3.05) is 20.3 Å². The van der Waals surface area contributed by atoms with Crippen molar-refractivity contribution >= 4 is 10.1 Å². The number of ether oxygens (including phenoxy) is 1. The summed E-state index contributed by atoms with van der Waals surface area (Å²) in [6, 6.07) is 5.22.